The predicted molar refractivity (Wildman–Crippen MR) is 94.3 cm³/mol. The summed E-state index contributed by atoms with van der Waals surface area (Å²) in [6.07, 6.45) is 1.65. The molecule has 1 unspecified atom stereocenters. The number of methoxy groups -OCH3 is 2. The van der Waals surface area contributed by atoms with E-state index < -0.39 is 6.10 Å². The monoisotopic (exact) mass is 345 g/mol. The standard InChI is InChI=1S/C20H24FNO3/c1-24-19-10-3-14(11-20(19)25-2)12-22(17-8-9-17)13-18(23)15-4-6-16(21)7-5-15/h3-7,10-11,17-18,23H,8-9,12-13H2,1-2H3. The summed E-state index contributed by atoms with van der Waals surface area (Å²) in [5.74, 6) is 1.12. The first-order chi connectivity index (χ1) is 12.1. The van der Waals surface area contributed by atoms with Gasteiger partial charge in [-0.3, -0.25) is 4.90 Å². The van der Waals surface area contributed by atoms with Crippen LogP contribution >= 0.6 is 0 Å². The molecule has 134 valence electrons. The lowest BCUT2D eigenvalue weighted by molar-refractivity contribution is 0.104. The van der Waals surface area contributed by atoms with Gasteiger partial charge in [0.15, 0.2) is 11.5 Å². The van der Waals surface area contributed by atoms with Gasteiger partial charge in [0.25, 0.3) is 0 Å². The average Bonchev–Trinajstić information content (AvgIpc) is 3.46. The molecule has 25 heavy (non-hydrogen) atoms. The van der Waals surface area contributed by atoms with Crippen molar-refractivity contribution in [1.29, 1.82) is 0 Å². The zero-order valence-corrected chi connectivity index (χ0v) is 14.6. The number of hydrogen-bond donors (Lipinski definition) is 1. The molecule has 0 radical (unpaired) electrons. The second kappa shape index (κ2) is 7.85. The summed E-state index contributed by atoms with van der Waals surface area (Å²) in [5, 5.41) is 10.5. The van der Waals surface area contributed by atoms with Gasteiger partial charge in [0.2, 0.25) is 0 Å². The Hall–Kier alpha value is -2.11. The van der Waals surface area contributed by atoms with Crippen molar-refractivity contribution in [3.63, 3.8) is 0 Å². The van der Waals surface area contributed by atoms with Gasteiger partial charge in [-0.1, -0.05) is 18.2 Å². The number of rotatable bonds is 8. The fourth-order valence-corrected chi connectivity index (χ4v) is 3.01. The van der Waals surface area contributed by atoms with Gasteiger partial charge in [0.1, 0.15) is 5.82 Å². The molecule has 4 nitrogen and oxygen atoms in total. The summed E-state index contributed by atoms with van der Waals surface area (Å²) in [5.41, 5.74) is 1.84. The molecule has 1 atom stereocenters. The third kappa shape index (κ3) is 4.50. The minimum Gasteiger partial charge on any atom is -0.493 e. The normalized spacial score (nSPS) is 15.2. The maximum Gasteiger partial charge on any atom is 0.161 e. The highest BCUT2D eigenvalue weighted by Crippen LogP contribution is 2.33. The molecule has 1 aliphatic rings. The van der Waals surface area contributed by atoms with Gasteiger partial charge >= 0.3 is 0 Å². The maximum atomic E-state index is 13.1. The van der Waals surface area contributed by atoms with Crippen LogP contribution in [0.15, 0.2) is 42.5 Å². The van der Waals surface area contributed by atoms with Crippen LogP contribution < -0.4 is 9.47 Å². The first kappa shape index (κ1) is 17.7. The van der Waals surface area contributed by atoms with Crippen LogP contribution in [0.1, 0.15) is 30.1 Å². The number of aliphatic hydroxyl groups is 1. The van der Waals surface area contributed by atoms with Crippen molar-refractivity contribution in [2.24, 2.45) is 0 Å². The summed E-state index contributed by atoms with van der Waals surface area (Å²) in [6, 6.07) is 12.4. The van der Waals surface area contributed by atoms with E-state index in [1.807, 2.05) is 18.2 Å². The molecule has 1 saturated carbocycles. The highest BCUT2D eigenvalue weighted by molar-refractivity contribution is 5.42. The van der Waals surface area contributed by atoms with E-state index in [0.717, 1.165) is 30.5 Å². The van der Waals surface area contributed by atoms with E-state index >= 15 is 0 Å². The van der Waals surface area contributed by atoms with E-state index in [-0.39, 0.29) is 5.82 Å². The molecule has 0 aromatic heterocycles. The van der Waals surface area contributed by atoms with Crippen LogP contribution in [0.2, 0.25) is 0 Å². The van der Waals surface area contributed by atoms with Crippen LogP contribution in [-0.2, 0) is 6.54 Å². The Labute approximate surface area is 147 Å². The fourth-order valence-electron chi connectivity index (χ4n) is 3.01. The van der Waals surface area contributed by atoms with Crippen LogP contribution in [0.4, 0.5) is 4.39 Å². The Kier molecular flexibility index (Phi) is 5.56. The van der Waals surface area contributed by atoms with Crippen LogP contribution in [0, 0.1) is 5.82 Å². The molecular weight excluding hydrogens is 321 g/mol. The molecule has 0 aliphatic heterocycles. The molecule has 3 rings (SSSR count). The molecule has 0 spiro atoms. The van der Waals surface area contributed by atoms with Crippen molar-refractivity contribution in [3.8, 4) is 11.5 Å². The van der Waals surface area contributed by atoms with Gasteiger partial charge < -0.3 is 14.6 Å². The molecule has 1 aliphatic carbocycles. The fraction of sp³-hybridized carbons (Fsp3) is 0.400. The molecule has 2 aromatic rings. The van der Waals surface area contributed by atoms with Crippen molar-refractivity contribution >= 4 is 0 Å². The third-order valence-corrected chi connectivity index (χ3v) is 4.56. The maximum absolute atomic E-state index is 13.1. The number of benzene rings is 2. The largest absolute Gasteiger partial charge is 0.493 e. The molecule has 1 fully saturated rings. The van der Waals surface area contributed by atoms with Gasteiger partial charge in [-0.25, -0.2) is 4.39 Å². The van der Waals surface area contributed by atoms with Crippen LogP contribution in [0.25, 0.3) is 0 Å². The first-order valence-corrected chi connectivity index (χ1v) is 8.49. The van der Waals surface area contributed by atoms with E-state index in [0.29, 0.717) is 24.1 Å². The second-order valence-electron chi connectivity index (χ2n) is 6.42. The Balaban J connectivity index is 1.70. The topological polar surface area (TPSA) is 41.9 Å². The van der Waals surface area contributed by atoms with E-state index in [1.165, 1.54) is 12.1 Å². The minimum atomic E-state index is -0.638. The van der Waals surface area contributed by atoms with E-state index in [2.05, 4.69) is 4.90 Å². The van der Waals surface area contributed by atoms with Gasteiger partial charge in [-0.05, 0) is 48.2 Å². The Morgan fingerprint density at radius 2 is 1.76 bits per heavy atom. The van der Waals surface area contributed by atoms with Crippen molar-refractivity contribution in [2.75, 3.05) is 20.8 Å². The Morgan fingerprint density at radius 1 is 1.08 bits per heavy atom. The highest BCUT2D eigenvalue weighted by atomic mass is 19.1. The highest BCUT2D eigenvalue weighted by Gasteiger charge is 2.30. The summed E-state index contributed by atoms with van der Waals surface area (Å²) in [7, 11) is 3.24. The van der Waals surface area contributed by atoms with Crippen molar-refractivity contribution in [3.05, 3.63) is 59.4 Å². The predicted octanol–water partition coefficient (Wildman–Crippen LogP) is 3.54. The summed E-state index contributed by atoms with van der Waals surface area (Å²) >= 11 is 0. The summed E-state index contributed by atoms with van der Waals surface area (Å²) in [4.78, 5) is 2.27. The number of ether oxygens (including phenoxy) is 2. The van der Waals surface area contributed by atoms with Crippen molar-refractivity contribution < 1.29 is 19.0 Å². The quantitative estimate of drug-likeness (QED) is 0.795. The van der Waals surface area contributed by atoms with Gasteiger partial charge in [-0.15, -0.1) is 0 Å². The van der Waals surface area contributed by atoms with Gasteiger partial charge in [0.05, 0.1) is 20.3 Å². The summed E-state index contributed by atoms with van der Waals surface area (Å²) in [6.45, 7) is 1.24. The molecule has 1 N–H and O–H groups in total. The van der Waals surface area contributed by atoms with Gasteiger partial charge in [-0.2, -0.15) is 0 Å². The second-order valence-corrected chi connectivity index (χ2v) is 6.42. The first-order valence-electron chi connectivity index (χ1n) is 8.49. The van der Waals surface area contributed by atoms with Crippen molar-refractivity contribution in [2.45, 2.75) is 31.5 Å². The Bertz CT molecular complexity index is 701. The molecule has 0 bridgehead atoms. The molecule has 0 amide bonds. The van der Waals surface area contributed by atoms with Crippen LogP contribution in [-0.4, -0.2) is 36.8 Å². The lowest BCUT2D eigenvalue weighted by Gasteiger charge is -2.25. The van der Waals surface area contributed by atoms with Crippen molar-refractivity contribution in [1.82, 2.24) is 4.90 Å². The van der Waals surface area contributed by atoms with E-state index in [4.69, 9.17) is 9.47 Å². The van der Waals surface area contributed by atoms with Crippen LogP contribution in [0.3, 0.4) is 0 Å². The molecular formula is C20H24FNO3. The SMILES string of the molecule is COc1ccc(CN(CC(O)c2ccc(F)cc2)C2CC2)cc1OC. The number of aliphatic hydroxyl groups excluding tert-OH is 1. The minimum absolute atomic E-state index is 0.291. The van der Waals surface area contributed by atoms with E-state index in [9.17, 15) is 9.50 Å². The zero-order valence-electron chi connectivity index (χ0n) is 14.6. The molecule has 5 heteroatoms. The smallest absolute Gasteiger partial charge is 0.161 e. The number of hydrogen-bond acceptors (Lipinski definition) is 4. The lowest BCUT2D eigenvalue weighted by atomic mass is 10.1. The van der Waals surface area contributed by atoms with E-state index in [1.54, 1.807) is 26.4 Å². The molecule has 0 heterocycles. The third-order valence-electron chi connectivity index (χ3n) is 4.56. The number of halogens is 1. The average molecular weight is 345 g/mol. The van der Waals surface area contributed by atoms with Crippen LogP contribution in [0.5, 0.6) is 11.5 Å². The zero-order chi connectivity index (χ0) is 17.8. The molecule has 2 aromatic carbocycles. The van der Waals surface area contributed by atoms with Gasteiger partial charge in [0, 0.05) is 19.1 Å². The lowest BCUT2D eigenvalue weighted by Crippen LogP contribution is -2.30. The Morgan fingerprint density at radius 3 is 2.36 bits per heavy atom. The summed E-state index contributed by atoms with van der Waals surface area (Å²) < 4.78 is 23.7. The number of nitrogens with zero attached hydrogens (tertiary/aromatic N) is 1. The molecule has 0 saturated heterocycles.